The molecule has 5 nitrogen and oxygen atoms in total. The molecule has 5 heteroatoms. The number of anilines is 1. The van der Waals surface area contributed by atoms with Crippen LogP contribution < -0.4 is 11.0 Å². The molecule has 1 amide bonds. The summed E-state index contributed by atoms with van der Waals surface area (Å²) >= 11 is 0. The van der Waals surface area contributed by atoms with Crippen molar-refractivity contribution in [1.82, 2.24) is 9.97 Å². The highest BCUT2D eigenvalue weighted by Crippen LogP contribution is 2.13. The van der Waals surface area contributed by atoms with Gasteiger partial charge in [-0.25, -0.2) is 4.79 Å². The van der Waals surface area contributed by atoms with E-state index in [0.717, 1.165) is 12.1 Å². The van der Waals surface area contributed by atoms with Gasteiger partial charge in [0.25, 0.3) is 5.91 Å². The zero-order valence-electron chi connectivity index (χ0n) is 11.5. The van der Waals surface area contributed by atoms with Gasteiger partial charge < -0.3 is 15.3 Å². The molecule has 2 aromatic rings. The number of unbranched alkanes of at least 4 members (excludes halogenated alkanes) is 2. The Kier molecular flexibility index (Phi) is 4.76. The van der Waals surface area contributed by atoms with Crippen LogP contribution in [0.3, 0.4) is 0 Å². The number of aryl methyl sites for hydroxylation is 1. The number of imidazole rings is 1. The van der Waals surface area contributed by atoms with Crippen molar-refractivity contribution in [3.8, 4) is 0 Å². The molecule has 0 saturated heterocycles. The Hall–Kier alpha value is -2.30. The Bertz CT molecular complexity index is 611. The minimum absolute atomic E-state index is 0.224. The minimum Gasteiger partial charge on any atom is -0.321 e. The van der Waals surface area contributed by atoms with Crippen molar-refractivity contribution in [3.63, 3.8) is 0 Å². The fraction of sp³-hybridized carbons (Fsp3) is 0.333. The highest BCUT2D eigenvalue weighted by molar-refractivity contribution is 6.02. The van der Waals surface area contributed by atoms with Gasteiger partial charge >= 0.3 is 5.69 Å². The van der Waals surface area contributed by atoms with Crippen LogP contribution in [0.5, 0.6) is 0 Å². The molecule has 0 fully saturated rings. The number of benzene rings is 1. The summed E-state index contributed by atoms with van der Waals surface area (Å²) in [7, 11) is 0. The maximum atomic E-state index is 11.8. The van der Waals surface area contributed by atoms with Crippen LogP contribution in [0, 0.1) is 0 Å². The first-order valence-electron chi connectivity index (χ1n) is 6.87. The average molecular weight is 273 g/mol. The van der Waals surface area contributed by atoms with Crippen LogP contribution in [0.15, 0.2) is 35.3 Å². The monoisotopic (exact) mass is 273 g/mol. The Labute approximate surface area is 117 Å². The van der Waals surface area contributed by atoms with Gasteiger partial charge in [0.15, 0.2) is 0 Å². The first kappa shape index (κ1) is 14.1. The van der Waals surface area contributed by atoms with Gasteiger partial charge in [0.1, 0.15) is 5.69 Å². The molecular weight excluding hydrogens is 254 g/mol. The highest BCUT2D eigenvalue weighted by Gasteiger charge is 2.07. The maximum absolute atomic E-state index is 11.8. The van der Waals surface area contributed by atoms with Gasteiger partial charge in [-0.05, 0) is 30.5 Å². The number of aromatic nitrogens is 2. The predicted molar refractivity (Wildman–Crippen MR) is 79.0 cm³/mol. The van der Waals surface area contributed by atoms with E-state index in [9.17, 15) is 9.59 Å². The first-order chi connectivity index (χ1) is 9.69. The summed E-state index contributed by atoms with van der Waals surface area (Å²) in [6, 6.07) is 7.80. The van der Waals surface area contributed by atoms with E-state index in [1.807, 2.05) is 24.3 Å². The molecule has 1 aromatic heterocycles. The molecule has 2 rings (SSSR count). The molecule has 0 saturated carbocycles. The molecule has 0 bridgehead atoms. The molecule has 0 aliphatic rings. The second-order valence-corrected chi connectivity index (χ2v) is 4.76. The molecule has 1 heterocycles. The number of amides is 1. The summed E-state index contributed by atoms with van der Waals surface area (Å²) in [6.07, 6.45) is 6.05. The third-order valence-electron chi connectivity index (χ3n) is 3.12. The summed E-state index contributed by atoms with van der Waals surface area (Å²) in [5.74, 6) is -0.331. The van der Waals surface area contributed by atoms with E-state index in [-0.39, 0.29) is 17.3 Å². The molecule has 0 aliphatic carbocycles. The van der Waals surface area contributed by atoms with Gasteiger partial charge in [-0.15, -0.1) is 0 Å². The fourth-order valence-corrected chi connectivity index (χ4v) is 1.99. The van der Waals surface area contributed by atoms with Crippen molar-refractivity contribution in [2.75, 3.05) is 5.32 Å². The van der Waals surface area contributed by atoms with E-state index in [2.05, 4.69) is 22.2 Å². The molecule has 0 spiro atoms. The molecule has 0 atom stereocenters. The maximum Gasteiger partial charge on any atom is 0.323 e. The molecule has 0 aliphatic heterocycles. The Morgan fingerprint density at radius 2 is 1.95 bits per heavy atom. The van der Waals surface area contributed by atoms with Gasteiger partial charge in [-0.3, -0.25) is 4.79 Å². The van der Waals surface area contributed by atoms with Crippen LogP contribution in [0.1, 0.15) is 42.2 Å². The summed E-state index contributed by atoms with van der Waals surface area (Å²) in [5.41, 5.74) is 1.83. The molecule has 0 radical (unpaired) electrons. The summed E-state index contributed by atoms with van der Waals surface area (Å²) in [4.78, 5) is 27.6. The normalized spacial score (nSPS) is 10.4. The van der Waals surface area contributed by atoms with E-state index >= 15 is 0 Å². The highest BCUT2D eigenvalue weighted by atomic mass is 16.2. The number of aromatic amines is 2. The molecule has 0 unspecified atom stereocenters. The van der Waals surface area contributed by atoms with Crippen molar-refractivity contribution in [1.29, 1.82) is 0 Å². The quantitative estimate of drug-likeness (QED) is 0.708. The number of carbonyl (C=O) groups is 1. The lowest BCUT2D eigenvalue weighted by Crippen LogP contribution is -2.13. The van der Waals surface area contributed by atoms with Crippen LogP contribution in [0.4, 0.5) is 5.69 Å². The smallest absolute Gasteiger partial charge is 0.321 e. The Morgan fingerprint density at radius 1 is 1.20 bits per heavy atom. The van der Waals surface area contributed by atoms with Gasteiger partial charge in [-0.2, -0.15) is 0 Å². The van der Waals surface area contributed by atoms with Gasteiger partial charge in [0, 0.05) is 11.9 Å². The van der Waals surface area contributed by atoms with E-state index in [1.165, 1.54) is 31.0 Å². The number of H-pyrrole nitrogens is 2. The van der Waals surface area contributed by atoms with Gasteiger partial charge in [0.2, 0.25) is 0 Å². The Morgan fingerprint density at radius 3 is 2.55 bits per heavy atom. The number of hydrogen-bond donors (Lipinski definition) is 3. The first-order valence-corrected chi connectivity index (χ1v) is 6.87. The van der Waals surface area contributed by atoms with Crippen molar-refractivity contribution in [2.24, 2.45) is 0 Å². The van der Waals surface area contributed by atoms with Crippen molar-refractivity contribution in [3.05, 3.63) is 52.2 Å². The van der Waals surface area contributed by atoms with Crippen molar-refractivity contribution >= 4 is 11.6 Å². The lowest BCUT2D eigenvalue weighted by Gasteiger charge is -2.05. The lowest BCUT2D eigenvalue weighted by atomic mass is 10.1. The van der Waals surface area contributed by atoms with E-state index < -0.39 is 0 Å². The second-order valence-electron chi connectivity index (χ2n) is 4.76. The topological polar surface area (TPSA) is 77.8 Å². The minimum atomic E-state index is -0.388. The molecule has 106 valence electrons. The van der Waals surface area contributed by atoms with E-state index in [0.29, 0.717) is 0 Å². The third-order valence-corrected chi connectivity index (χ3v) is 3.12. The molecule has 1 aromatic carbocycles. The second kappa shape index (κ2) is 6.75. The number of hydrogen-bond acceptors (Lipinski definition) is 2. The largest absolute Gasteiger partial charge is 0.323 e. The average Bonchev–Trinajstić information content (AvgIpc) is 2.88. The van der Waals surface area contributed by atoms with Crippen LogP contribution >= 0.6 is 0 Å². The van der Waals surface area contributed by atoms with Gasteiger partial charge in [-0.1, -0.05) is 31.9 Å². The number of rotatable bonds is 6. The van der Waals surface area contributed by atoms with Crippen LogP contribution in [0.25, 0.3) is 0 Å². The Balaban J connectivity index is 1.93. The zero-order valence-corrected chi connectivity index (χ0v) is 11.5. The summed E-state index contributed by atoms with van der Waals surface area (Å²) in [6.45, 7) is 2.18. The van der Waals surface area contributed by atoms with Crippen molar-refractivity contribution < 1.29 is 4.79 Å². The van der Waals surface area contributed by atoms with Crippen LogP contribution in [-0.2, 0) is 6.42 Å². The number of nitrogens with one attached hydrogen (secondary N) is 3. The summed E-state index contributed by atoms with van der Waals surface area (Å²) < 4.78 is 0. The molecule has 20 heavy (non-hydrogen) atoms. The van der Waals surface area contributed by atoms with E-state index in [4.69, 9.17) is 0 Å². The van der Waals surface area contributed by atoms with Gasteiger partial charge in [0.05, 0.1) is 0 Å². The number of carbonyl (C=O) groups excluding carboxylic acids is 1. The third kappa shape index (κ3) is 3.85. The fourth-order valence-electron chi connectivity index (χ4n) is 1.99. The standard InChI is InChI=1S/C15H19N3O2/c1-2-3-4-5-11-6-8-12(9-7-11)17-14(19)13-10-16-15(20)18-13/h6-10H,2-5H2,1H3,(H,17,19)(H2,16,18,20). The molecular formula is C15H19N3O2. The van der Waals surface area contributed by atoms with Crippen LogP contribution in [-0.4, -0.2) is 15.9 Å². The van der Waals surface area contributed by atoms with E-state index in [1.54, 1.807) is 0 Å². The SMILES string of the molecule is CCCCCc1ccc(NC(=O)c2c[nH]c(=O)[nH]2)cc1. The summed E-state index contributed by atoms with van der Waals surface area (Å²) in [5, 5.41) is 2.74. The molecule has 3 N–H and O–H groups in total. The predicted octanol–water partition coefficient (Wildman–Crippen LogP) is 2.69. The van der Waals surface area contributed by atoms with Crippen LogP contribution in [0.2, 0.25) is 0 Å². The zero-order chi connectivity index (χ0) is 14.4. The lowest BCUT2D eigenvalue weighted by molar-refractivity contribution is 0.102. The van der Waals surface area contributed by atoms with Crippen molar-refractivity contribution in [2.45, 2.75) is 32.6 Å².